The van der Waals surface area contributed by atoms with E-state index in [9.17, 15) is 4.79 Å². The number of carbonyl (C=O) groups is 1. The minimum Gasteiger partial charge on any atom is -0.444 e. The lowest BCUT2D eigenvalue weighted by Gasteiger charge is -2.40. The number of pyridine rings is 2. The van der Waals surface area contributed by atoms with E-state index in [1.165, 1.54) is 33.6 Å². The van der Waals surface area contributed by atoms with Crippen molar-refractivity contribution in [1.29, 1.82) is 0 Å². The molecule has 0 saturated carbocycles. The minimum absolute atomic E-state index is 0.0730. The standard InChI is InChI=1S/C40H52N6O3S/c1-25(2)29-20-30(26(3)4)35(31(21-29)27(5)6)50-49-33-23-42-22-32-34(33)37(44-36(43-32)28-10-15-41-16-11-28)45-17-12-40(13-18-45)14-19-46(24-40)38(47)48-39(7,8)9/h10-11,15-16,20-23,25-27H,12-14,17-19,24H2,1-9H3. The lowest BCUT2D eigenvalue weighted by molar-refractivity contribution is 0.0266. The SMILES string of the molecule is CC(C)c1cc(C(C)C)c(SOc2cncc3nc(-c4ccncc4)nc(N4CCC5(CCN(C(=O)OC(C)(C)C)C5)CC4)c23)c(C(C)C)c1. The van der Waals surface area contributed by atoms with E-state index < -0.39 is 5.60 Å². The van der Waals surface area contributed by atoms with Crippen molar-refractivity contribution in [3.05, 3.63) is 65.7 Å². The van der Waals surface area contributed by atoms with Gasteiger partial charge in [-0.15, -0.1) is 0 Å². The highest BCUT2D eigenvalue weighted by Gasteiger charge is 2.43. The summed E-state index contributed by atoms with van der Waals surface area (Å²) in [6.07, 6.45) is 9.80. The number of hydrogen-bond acceptors (Lipinski definition) is 9. The second kappa shape index (κ2) is 14.4. The summed E-state index contributed by atoms with van der Waals surface area (Å²) in [6.45, 7) is 22.3. The zero-order valence-corrected chi connectivity index (χ0v) is 31.9. The fourth-order valence-electron chi connectivity index (χ4n) is 7.05. The van der Waals surface area contributed by atoms with Crippen LogP contribution in [0.3, 0.4) is 0 Å². The molecule has 3 aromatic heterocycles. The van der Waals surface area contributed by atoms with Crippen LogP contribution in [0.1, 0.15) is 116 Å². The molecule has 50 heavy (non-hydrogen) atoms. The fraction of sp³-hybridized carbons (Fsp3) is 0.525. The number of nitrogens with zero attached hydrogens (tertiary/aromatic N) is 6. The average molecular weight is 697 g/mol. The Bertz CT molecular complexity index is 1800. The van der Waals surface area contributed by atoms with Crippen LogP contribution < -0.4 is 9.08 Å². The maximum Gasteiger partial charge on any atom is 0.410 e. The van der Waals surface area contributed by atoms with E-state index in [2.05, 4.69) is 68.5 Å². The molecule has 0 radical (unpaired) electrons. The molecule has 0 atom stereocenters. The van der Waals surface area contributed by atoms with E-state index >= 15 is 0 Å². The second-order valence-electron chi connectivity index (χ2n) is 15.9. The number of hydrogen-bond donors (Lipinski definition) is 0. The van der Waals surface area contributed by atoms with E-state index in [0.717, 1.165) is 67.7 Å². The van der Waals surface area contributed by atoms with E-state index in [0.29, 0.717) is 29.3 Å². The summed E-state index contributed by atoms with van der Waals surface area (Å²) in [5.41, 5.74) is 5.15. The van der Waals surface area contributed by atoms with Crippen LogP contribution in [0.2, 0.25) is 0 Å². The molecule has 10 heteroatoms. The van der Waals surface area contributed by atoms with Gasteiger partial charge in [0.25, 0.3) is 0 Å². The number of benzene rings is 1. The molecule has 9 nitrogen and oxygen atoms in total. The summed E-state index contributed by atoms with van der Waals surface area (Å²) >= 11 is 1.42. The quantitative estimate of drug-likeness (QED) is 0.167. The molecule has 2 fully saturated rings. The number of carbonyl (C=O) groups excluding carboxylic acids is 1. The van der Waals surface area contributed by atoms with Crippen molar-refractivity contribution in [2.75, 3.05) is 31.1 Å². The number of aromatic nitrogens is 4. The third-order valence-electron chi connectivity index (χ3n) is 10.00. The first-order valence-corrected chi connectivity index (χ1v) is 18.8. The van der Waals surface area contributed by atoms with Crippen LogP contribution in [-0.4, -0.2) is 62.7 Å². The number of rotatable bonds is 8. The number of anilines is 1. The average Bonchev–Trinajstić information content (AvgIpc) is 3.49. The molecular weight excluding hydrogens is 645 g/mol. The van der Waals surface area contributed by atoms with Crippen LogP contribution in [0.15, 0.2) is 53.9 Å². The Morgan fingerprint density at radius 3 is 2.10 bits per heavy atom. The highest BCUT2D eigenvalue weighted by molar-refractivity contribution is 7.95. The molecule has 1 amide bonds. The monoisotopic (exact) mass is 696 g/mol. The van der Waals surface area contributed by atoms with Crippen LogP contribution in [0.4, 0.5) is 10.6 Å². The second-order valence-corrected chi connectivity index (χ2v) is 16.7. The summed E-state index contributed by atoms with van der Waals surface area (Å²) in [4.78, 5) is 37.3. The first-order chi connectivity index (χ1) is 23.7. The molecule has 266 valence electrons. The summed E-state index contributed by atoms with van der Waals surface area (Å²) in [7, 11) is 0. The van der Waals surface area contributed by atoms with Crippen LogP contribution in [0, 0.1) is 5.41 Å². The lowest BCUT2D eigenvalue weighted by atomic mass is 9.78. The van der Waals surface area contributed by atoms with E-state index in [1.807, 2.05) is 37.8 Å². The molecule has 0 N–H and O–H groups in total. The molecule has 2 saturated heterocycles. The summed E-state index contributed by atoms with van der Waals surface area (Å²) in [6, 6.07) is 8.57. The van der Waals surface area contributed by atoms with Gasteiger partial charge >= 0.3 is 6.09 Å². The van der Waals surface area contributed by atoms with Gasteiger partial charge in [-0.05, 0) is 92.0 Å². The molecule has 0 bridgehead atoms. The van der Waals surface area contributed by atoms with Gasteiger partial charge in [0.1, 0.15) is 11.4 Å². The van der Waals surface area contributed by atoms with Gasteiger partial charge in [-0.3, -0.25) is 9.97 Å². The van der Waals surface area contributed by atoms with Crippen LogP contribution in [0.25, 0.3) is 22.3 Å². The predicted molar refractivity (Wildman–Crippen MR) is 202 cm³/mol. The Balaban J connectivity index is 1.34. The zero-order chi connectivity index (χ0) is 35.8. The highest BCUT2D eigenvalue weighted by atomic mass is 32.2. The molecular formula is C40H52N6O3S. The minimum atomic E-state index is -0.506. The van der Waals surface area contributed by atoms with E-state index in [4.69, 9.17) is 18.9 Å². The summed E-state index contributed by atoms with van der Waals surface area (Å²) in [5.74, 6) is 3.25. The van der Waals surface area contributed by atoms with Gasteiger partial charge in [0, 0.05) is 44.1 Å². The predicted octanol–water partition coefficient (Wildman–Crippen LogP) is 9.77. The first kappa shape index (κ1) is 35.9. The Labute approximate surface area is 301 Å². The van der Waals surface area contributed by atoms with Gasteiger partial charge in [0.2, 0.25) is 0 Å². The zero-order valence-electron chi connectivity index (χ0n) is 31.1. The summed E-state index contributed by atoms with van der Waals surface area (Å²) in [5, 5.41) is 0.860. The first-order valence-electron chi connectivity index (χ1n) is 18.0. The van der Waals surface area contributed by atoms with Gasteiger partial charge < -0.3 is 18.7 Å². The van der Waals surface area contributed by atoms with Crippen LogP contribution in [-0.2, 0) is 4.74 Å². The molecule has 2 aliphatic rings. The van der Waals surface area contributed by atoms with Crippen LogP contribution >= 0.6 is 12.0 Å². The van der Waals surface area contributed by atoms with Crippen molar-refractivity contribution in [2.24, 2.45) is 5.41 Å². The number of fused-ring (bicyclic) bond motifs is 1. The number of amides is 1. The van der Waals surface area contributed by atoms with Crippen molar-refractivity contribution in [2.45, 2.75) is 110 Å². The van der Waals surface area contributed by atoms with Crippen LogP contribution in [0.5, 0.6) is 5.75 Å². The van der Waals surface area contributed by atoms with Gasteiger partial charge in [-0.25, -0.2) is 14.8 Å². The number of likely N-dealkylation sites (tertiary alicyclic amines) is 1. The van der Waals surface area contributed by atoms with Crippen molar-refractivity contribution in [3.8, 4) is 17.1 Å². The van der Waals surface area contributed by atoms with Gasteiger partial charge in [-0.1, -0.05) is 53.7 Å². The Morgan fingerprint density at radius 2 is 1.50 bits per heavy atom. The normalized spacial score (nSPS) is 16.3. The van der Waals surface area contributed by atoms with Gasteiger partial charge in [-0.2, -0.15) is 0 Å². The molecule has 4 aromatic rings. The highest BCUT2D eigenvalue weighted by Crippen LogP contribution is 2.45. The van der Waals surface area contributed by atoms with E-state index in [-0.39, 0.29) is 11.5 Å². The topological polar surface area (TPSA) is 93.6 Å². The molecule has 6 rings (SSSR count). The van der Waals surface area contributed by atoms with Gasteiger partial charge in [0.05, 0.1) is 40.2 Å². The molecule has 1 aromatic carbocycles. The molecule has 0 unspecified atom stereocenters. The van der Waals surface area contributed by atoms with Crippen molar-refractivity contribution < 1.29 is 13.7 Å². The molecule has 5 heterocycles. The van der Waals surface area contributed by atoms with E-state index in [1.54, 1.807) is 24.8 Å². The van der Waals surface area contributed by atoms with Crippen molar-refractivity contribution in [3.63, 3.8) is 0 Å². The maximum atomic E-state index is 12.9. The van der Waals surface area contributed by atoms with Gasteiger partial charge in [0.15, 0.2) is 11.6 Å². The number of piperidine rings is 1. The molecule has 1 spiro atoms. The smallest absolute Gasteiger partial charge is 0.410 e. The maximum absolute atomic E-state index is 12.9. The number of ether oxygens (including phenoxy) is 1. The Morgan fingerprint density at radius 1 is 0.860 bits per heavy atom. The van der Waals surface area contributed by atoms with Crippen molar-refractivity contribution in [1.82, 2.24) is 24.8 Å². The fourth-order valence-corrected chi connectivity index (χ4v) is 8.13. The Kier molecular flexibility index (Phi) is 10.3. The third-order valence-corrected chi connectivity index (χ3v) is 10.9. The molecule has 0 aliphatic carbocycles. The Hall–Kier alpha value is -3.92. The largest absolute Gasteiger partial charge is 0.444 e. The van der Waals surface area contributed by atoms with Crippen molar-refractivity contribution >= 4 is 34.9 Å². The lowest BCUT2D eigenvalue weighted by Crippen LogP contribution is -2.43. The molecule has 2 aliphatic heterocycles. The third kappa shape index (κ3) is 7.70. The summed E-state index contributed by atoms with van der Waals surface area (Å²) < 4.78 is 12.4.